The SMILES string of the molecule is CCCOc1ccc(C(=O)N(CC)c2ccc(Br)cn2)cc1OCC. The highest BCUT2D eigenvalue weighted by molar-refractivity contribution is 9.10. The molecule has 1 heterocycles. The molecule has 0 aliphatic carbocycles. The van der Waals surface area contributed by atoms with Gasteiger partial charge in [0.05, 0.1) is 13.2 Å². The van der Waals surface area contributed by atoms with E-state index in [2.05, 4.69) is 20.9 Å². The van der Waals surface area contributed by atoms with Gasteiger partial charge in [0.25, 0.3) is 5.91 Å². The van der Waals surface area contributed by atoms with Crippen molar-refractivity contribution in [3.05, 3.63) is 46.6 Å². The van der Waals surface area contributed by atoms with E-state index in [-0.39, 0.29) is 5.91 Å². The maximum atomic E-state index is 12.9. The van der Waals surface area contributed by atoms with E-state index in [9.17, 15) is 4.79 Å². The van der Waals surface area contributed by atoms with Gasteiger partial charge in [0, 0.05) is 22.8 Å². The number of carbonyl (C=O) groups is 1. The van der Waals surface area contributed by atoms with Crippen LogP contribution in [0.1, 0.15) is 37.6 Å². The molecule has 0 aliphatic rings. The molecule has 0 atom stereocenters. The van der Waals surface area contributed by atoms with E-state index in [1.807, 2.05) is 32.9 Å². The van der Waals surface area contributed by atoms with Crippen LogP contribution in [0.2, 0.25) is 0 Å². The standard InChI is InChI=1S/C19H23BrN2O3/c1-4-11-25-16-9-7-14(12-17(16)24-6-3)19(23)22(5-2)18-10-8-15(20)13-21-18/h7-10,12-13H,4-6,11H2,1-3H3. The predicted molar refractivity (Wildman–Crippen MR) is 103 cm³/mol. The second-order valence-electron chi connectivity index (χ2n) is 5.33. The second kappa shape index (κ2) is 9.42. The molecule has 0 radical (unpaired) electrons. The Morgan fingerprint density at radius 3 is 2.52 bits per heavy atom. The zero-order chi connectivity index (χ0) is 18.2. The number of hydrogen-bond acceptors (Lipinski definition) is 4. The molecule has 25 heavy (non-hydrogen) atoms. The molecular weight excluding hydrogens is 384 g/mol. The quantitative estimate of drug-likeness (QED) is 0.637. The molecule has 0 saturated carbocycles. The zero-order valence-electron chi connectivity index (χ0n) is 14.8. The summed E-state index contributed by atoms with van der Waals surface area (Å²) in [6.45, 7) is 7.50. The number of benzene rings is 1. The van der Waals surface area contributed by atoms with Gasteiger partial charge in [-0.25, -0.2) is 4.98 Å². The smallest absolute Gasteiger partial charge is 0.259 e. The molecule has 5 nitrogen and oxygen atoms in total. The maximum absolute atomic E-state index is 12.9. The summed E-state index contributed by atoms with van der Waals surface area (Å²) in [6.07, 6.45) is 2.59. The summed E-state index contributed by atoms with van der Waals surface area (Å²) >= 11 is 3.36. The summed E-state index contributed by atoms with van der Waals surface area (Å²) in [5.74, 6) is 1.73. The summed E-state index contributed by atoms with van der Waals surface area (Å²) in [6, 6.07) is 8.96. The largest absolute Gasteiger partial charge is 0.490 e. The van der Waals surface area contributed by atoms with Crippen LogP contribution in [-0.4, -0.2) is 30.6 Å². The van der Waals surface area contributed by atoms with E-state index in [4.69, 9.17) is 9.47 Å². The van der Waals surface area contributed by atoms with Gasteiger partial charge in [0.15, 0.2) is 11.5 Å². The number of carbonyl (C=O) groups excluding carboxylic acids is 1. The van der Waals surface area contributed by atoms with Crippen LogP contribution >= 0.6 is 15.9 Å². The summed E-state index contributed by atoms with van der Waals surface area (Å²) in [4.78, 5) is 18.9. The molecule has 6 heteroatoms. The molecule has 2 aromatic rings. The van der Waals surface area contributed by atoms with Crippen LogP contribution in [0.3, 0.4) is 0 Å². The lowest BCUT2D eigenvalue weighted by atomic mass is 10.1. The fraction of sp³-hybridized carbons (Fsp3) is 0.368. The fourth-order valence-electron chi connectivity index (χ4n) is 2.33. The molecular formula is C19H23BrN2O3. The van der Waals surface area contributed by atoms with Crippen LogP contribution in [0.25, 0.3) is 0 Å². The third-order valence-corrected chi connectivity index (χ3v) is 3.97. The molecule has 0 unspecified atom stereocenters. The molecule has 0 saturated heterocycles. The van der Waals surface area contributed by atoms with Crippen LogP contribution in [0.5, 0.6) is 11.5 Å². The first-order chi connectivity index (χ1) is 12.1. The van der Waals surface area contributed by atoms with Crippen molar-refractivity contribution in [2.45, 2.75) is 27.2 Å². The van der Waals surface area contributed by atoms with Gasteiger partial charge in [-0.2, -0.15) is 0 Å². The van der Waals surface area contributed by atoms with Crippen LogP contribution in [0, 0.1) is 0 Å². The van der Waals surface area contributed by atoms with Crippen molar-refractivity contribution in [1.29, 1.82) is 0 Å². The highest BCUT2D eigenvalue weighted by atomic mass is 79.9. The van der Waals surface area contributed by atoms with Crippen LogP contribution < -0.4 is 14.4 Å². The van der Waals surface area contributed by atoms with Crippen molar-refractivity contribution in [3.8, 4) is 11.5 Å². The summed E-state index contributed by atoms with van der Waals surface area (Å²) < 4.78 is 12.2. The number of nitrogens with zero attached hydrogens (tertiary/aromatic N) is 2. The van der Waals surface area contributed by atoms with Gasteiger partial charge in [0.1, 0.15) is 5.82 Å². The number of amides is 1. The lowest BCUT2D eigenvalue weighted by molar-refractivity contribution is 0.0987. The molecule has 0 bridgehead atoms. The molecule has 1 aromatic carbocycles. The summed E-state index contributed by atoms with van der Waals surface area (Å²) in [5.41, 5.74) is 0.541. The Morgan fingerprint density at radius 2 is 1.92 bits per heavy atom. The van der Waals surface area contributed by atoms with Crippen LogP contribution in [0.15, 0.2) is 41.0 Å². The lowest BCUT2D eigenvalue weighted by Gasteiger charge is -2.21. The minimum absolute atomic E-state index is 0.125. The minimum atomic E-state index is -0.125. The number of hydrogen-bond donors (Lipinski definition) is 0. The molecule has 0 spiro atoms. The molecule has 0 aliphatic heterocycles. The molecule has 2 rings (SSSR count). The Bertz CT molecular complexity index is 704. The van der Waals surface area contributed by atoms with E-state index in [0.29, 0.717) is 42.6 Å². The third-order valence-electron chi connectivity index (χ3n) is 3.50. The van der Waals surface area contributed by atoms with Crippen molar-refractivity contribution < 1.29 is 14.3 Å². The monoisotopic (exact) mass is 406 g/mol. The van der Waals surface area contributed by atoms with Gasteiger partial charge in [-0.3, -0.25) is 9.69 Å². The van der Waals surface area contributed by atoms with Crippen molar-refractivity contribution in [2.24, 2.45) is 0 Å². The molecule has 0 fully saturated rings. The Balaban J connectivity index is 2.30. The predicted octanol–water partition coefficient (Wildman–Crippen LogP) is 4.70. The van der Waals surface area contributed by atoms with E-state index < -0.39 is 0 Å². The van der Waals surface area contributed by atoms with Crippen molar-refractivity contribution in [2.75, 3.05) is 24.7 Å². The normalized spacial score (nSPS) is 10.4. The topological polar surface area (TPSA) is 51.7 Å². The molecule has 1 amide bonds. The van der Waals surface area contributed by atoms with Crippen molar-refractivity contribution >= 4 is 27.7 Å². The number of ether oxygens (including phenoxy) is 2. The number of anilines is 1. The second-order valence-corrected chi connectivity index (χ2v) is 6.24. The first-order valence-electron chi connectivity index (χ1n) is 8.43. The molecule has 134 valence electrons. The van der Waals surface area contributed by atoms with Gasteiger partial charge in [-0.05, 0) is 66.5 Å². The number of aromatic nitrogens is 1. The van der Waals surface area contributed by atoms with E-state index >= 15 is 0 Å². The Hall–Kier alpha value is -2.08. The summed E-state index contributed by atoms with van der Waals surface area (Å²) in [7, 11) is 0. The van der Waals surface area contributed by atoms with Gasteiger partial charge < -0.3 is 9.47 Å². The Kier molecular flexibility index (Phi) is 7.25. The van der Waals surface area contributed by atoms with Crippen molar-refractivity contribution in [1.82, 2.24) is 4.98 Å². The number of rotatable bonds is 8. The Labute approximate surface area is 157 Å². The fourth-order valence-corrected chi connectivity index (χ4v) is 2.57. The minimum Gasteiger partial charge on any atom is -0.490 e. The highest BCUT2D eigenvalue weighted by Crippen LogP contribution is 2.29. The molecule has 0 N–H and O–H groups in total. The third kappa shape index (κ3) is 4.95. The number of pyridine rings is 1. The van der Waals surface area contributed by atoms with Crippen LogP contribution in [-0.2, 0) is 0 Å². The van der Waals surface area contributed by atoms with E-state index in [0.717, 1.165) is 10.9 Å². The van der Waals surface area contributed by atoms with Gasteiger partial charge in [0.2, 0.25) is 0 Å². The van der Waals surface area contributed by atoms with Gasteiger partial charge in [-0.1, -0.05) is 6.92 Å². The lowest BCUT2D eigenvalue weighted by Crippen LogP contribution is -2.31. The highest BCUT2D eigenvalue weighted by Gasteiger charge is 2.19. The zero-order valence-corrected chi connectivity index (χ0v) is 16.4. The average Bonchev–Trinajstić information content (AvgIpc) is 2.63. The van der Waals surface area contributed by atoms with E-state index in [1.54, 1.807) is 29.3 Å². The van der Waals surface area contributed by atoms with Gasteiger partial charge >= 0.3 is 0 Å². The maximum Gasteiger partial charge on any atom is 0.259 e. The first kappa shape index (κ1) is 19.2. The molecule has 1 aromatic heterocycles. The summed E-state index contributed by atoms with van der Waals surface area (Å²) in [5, 5.41) is 0. The average molecular weight is 407 g/mol. The number of halogens is 1. The van der Waals surface area contributed by atoms with Crippen LogP contribution in [0.4, 0.5) is 5.82 Å². The van der Waals surface area contributed by atoms with E-state index in [1.165, 1.54) is 0 Å². The van der Waals surface area contributed by atoms with Gasteiger partial charge in [-0.15, -0.1) is 0 Å². The first-order valence-corrected chi connectivity index (χ1v) is 9.23. The van der Waals surface area contributed by atoms with Crippen molar-refractivity contribution in [3.63, 3.8) is 0 Å². The Morgan fingerprint density at radius 1 is 1.12 bits per heavy atom.